The SMILES string of the molecule is CN(Cc1ccco1)C(CN)c1ccc(C2CC2)cc1. The van der Waals surface area contributed by atoms with Crippen molar-refractivity contribution in [2.24, 2.45) is 5.73 Å². The second-order valence-corrected chi connectivity index (χ2v) is 5.69. The van der Waals surface area contributed by atoms with Gasteiger partial charge in [-0.2, -0.15) is 0 Å². The Morgan fingerprint density at radius 2 is 2.00 bits per heavy atom. The molecule has 3 nitrogen and oxygen atoms in total. The average molecular weight is 270 g/mol. The minimum Gasteiger partial charge on any atom is -0.468 e. The van der Waals surface area contributed by atoms with E-state index in [1.165, 1.54) is 24.0 Å². The fourth-order valence-corrected chi connectivity index (χ4v) is 2.74. The topological polar surface area (TPSA) is 42.4 Å². The van der Waals surface area contributed by atoms with E-state index >= 15 is 0 Å². The maximum Gasteiger partial charge on any atom is 0.117 e. The van der Waals surface area contributed by atoms with Crippen molar-refractivity contribution in [1.82, 2.24) is 4.90 Å². The molecule has 1 atom stereocenters. The third-order valence-electron chi connectivity index (χ3n) is 4.11. The Labute approximate surface area is 120 Å². The molecule has 0 radical (unpaired) electrons. The largest absolute Gasteiger partial charge is 0.468 e. The van der Waals surface area contributed by atoms with E-state index in [-0.39, 0.29) is 6.04 Å². The van der Waals surface area contributed by atoms with Crippen molar-refractivity contribution in [3.8, 4) is 0 Å². The summed E-state index contributed by atoms with van der Waals surface area (Å²) in [4.78, 5) is 2.24. The van der Waals surface area contributed by atoms with E-state index in [0.717, 1.165) is 18.2 Å². The lowest BCUT2D eigenvalue weighted by Crippen LogP contribution is -2.30. The minimum atomic E-state index is 0.230. The number of furan rings is 1. The zero-order valence-electron chi connectivity index (χ0n) is 12.0. The molecule has 1 aliphatic carbocycles. The van der Waals surface area contributed by atoms with Crippen molar-refractivity contribution >= 4 is 0 Å². The number of rotatable bonds is 6. The van der Waals surface area contributed by atoms with Gasteiger partial charge < -0.3 is 10.2 Å². The van der Waals surface area contributed by atoms with Gasteiger partial charge in [-0.25, -0.2) is 0 Å². The van der Waals surface area contributed by atoms with Gasteiger partial charge in [0.1, 0.15) is 5.76 Å². The molecule has 1 fully saturated rings. The molecule has 1 heterocycles. The summed E-state index contributed by atoms with van der Waals surface area (Å²) in [5, 5.41) is 0. The van der Waals surface area contributed by atoms with Crippen LogP contribution in [-0.2, 0) is 6.54 Å². The molecule has 2 aromatic rings. The van der Waals surface area contributed by atoms with Gasteiger partial charge in [0.05, 0.1) is 12.8 Å². The van der Waals surface area contributed by atoms with Crippen molar-refractivity contribution in [1.29, 1.82) is 0 Å². The third kappa shape index (κ3) is 2.94. The predicted octanol–water partition coefficient (Wildman–Crippen LogP) is 3.29. The fraction of sp³-hybridized carbons (Fsp3) is 0.412. The smallest absolute Gasteiger partial charge is 0.117 e. The second-order valence-electron chi connectivity index (χ2n) is 5.69. The molecule has 2 N–H and O–H groups in total. The van der Waals surface area contributed by atoms with Crippen molar-refractivity contribution in [2.75, 3.05) is 13.6 Å². The summed E-state index contributed by atoms with van der Waals surface area (Å²) in [6, 6.07) is 13.1. The van der Waals surface area contributed by atoms with Crippen LogP contribution in [-0.4, -0.2) is 18.5 Å². The molecule has 0 aliphatic heterocycles. The molecule has 1 aromatic heterocycles. The van der Waals surface area contributed by atoms with Crippen LogP contribution >= 0.6 is 0 Å². The molecule has 3 rings (SSSR count). The lowest BCUT2D eigenvalue weighted by molar-refractivity contribution is 0.223. The summed E-state index contributed by atoms with van der Waals surface area (Å²) in [6.07, 6.45) is 4.40. The van der Waals surface area contributed by atoms with Crippen LogP contribution in [0.25, 0.3) is 0 Å². The minimum absolute atomic E-state index is 0.230. The van der Waals surface area contributed by atoms with Crippen LogP contribution < -0.4 is 5.73 Å². The van der Waals surface area contributed by atoms with Crippen LogP contribution in [0.2, 0.25) is 0 Å². The monoisotopic (exact) mass is 270 g/mol. The summed E-state index contributed by atoms with van der Waals surface area (Å²) in [7, 11) is 2.09. The Morgan fingerprint density at radius 3 is 2.55 bits per heavy atom. The van der Waals surface area contributed by atoms with Crippen LogP contribution in [0.15, 0.2) is 47.1 Å². The van der Waals surface area contributed by atoms with Crippen LogP contribution in [0.4, 0.5) is 0 Å². The van der Waals surface area contributed by atoms with Gasteiger partial charge in [0, 0.05) is 12.6 Å². The van der Waals surface area contributed by atoms with Gasteiger partial charge in [0.15, 0.2) is 0 Å². The van der Waals surface area contributed by atoms with Gasteiger partial charge >= 0.3 is 0 Å². The summed E-state index contributed by atoms with van der Waals surface area (Å²) in [5.74, 6) is 1.78. The fourth-order valence-electron chi connectivity index (χ4n) is 2.74. The van der Waals surface area contributed by atoms with Crippen LogP contribution in [0.1, 0.15) is 41.7 Å². The third-order valence-corrected chi connectivity index (χ3v) is 4.11. The molecule has 0 amide bonds. The maximum atomic E-state index is 5.97. The maximum absolute atomic E-state index is 5.97. The molecular formula is C17H22N2O. The first kappa shape index (κ1) is 13.4. The number of nitrogens with two attached hydrogens (primary N) is 1. The Morgan fingerprint density at radius 1 is 1.25 bits per heavy atom. The van der Waals surface area contributed by atoms with E-state index < -0.39 is 0 Å². The lowest BCUT2D eigenvalue weighted by atomic mass is 10.0. The van der Waals surface area contributed by atoms with Crippen LogP contribution in [0.5, 0.6) is 0 Å². The molecule has 106 valence electrons. The highest BCUT2D eigenvalue weighted by Crippen LogP contribution is 2.40. The van der Waals surface area contributed by atoms with Gasteiger partial charge in [-0.3, -0.25) is 4.90 Å². The molecule has 0 bridgehead atoms. The molecule has 0 spiro atoms. The molecule has 3 heteroatoms. The zero-order chi connectivity index (χ0) is 13.9. The zero-order valence-corrected chi connectivity index (χ0v) is 12.0. The number of hydrogen-bond acceptors (Lipinski definition) is 3. The Kier molecular flexibility index (Phi) is 3.90. The highest BCUT2D eigenvalue weighted by molar-refractivity contribution is 5.30. The van der Waals surface area contributed by atoms with E-state index in [1.807, 2.05) is 12.1 Å². The van der Waals surface area contributed by atoms with Crippen molar-refractivity contribution in [3.05, 3.63) is 59.5 Å². The van der Waals surface area contributed by atoms with Gasteiger partial charge in [-0.15, -0.1) is 0 Å². The van der Waals surface area contributed by atoms with Crippen LogP contribution in [0.3, 0.4) is 0 Å². The van der Waals surface area contributed by atoms with E-state index in [1.54, 1.807) is 6.26 Å². The van der Waals surface area contributed by atoms with Gasteiger partial charge in [-0.1, -0.05) is 24.3 Å². The van der Waals surface area contributed by atoms with Crippen molar-refractivity contribution < 1.29 is 4.42 Å². The molecule has 0 saturated heterocycles. The Bertz CT molecular complexity index is 529. The van der Waals surface area contributed by atoms with Crippen molar-refractivity contribution in [3.63, 3.8) is 0 Å². The molecule has 1 unspecified atom stereocenters. The summed E-state index contributed by atoms with van der Waals surface area (Å²) < 4.78 is 5.41. The van der Waals surface area contributed by atoms with E-state index in [9.17, 15) is 0 Å². The quantitative estimate of drug-likeness (QED) is 0.876. The number of benzene rings is 1. The number of likely N-dealkylation sites (N-methyl/N-ethyl adjacent to an activating group) is 1. The molecule has 1 saturated carbocycles. The highest BCUT2D eigenvalue weighted by atomic mass is 16.3. The molecule has 1 aliphatic rings. The van der Waals surface area contributed by atoms with Gasteiger partial charge in [0.2, 0.25) is 0 Å². The van der Waals surface area contributed by atoms with Gasteiger partial charge in [-0.05, 0) is 49.1 Å². The normalized spacial score (nSPS) is 16.6. The molecule has 20 heavy (non-hydrogen) atoms. The molecular weight excluding hydrogens is 248 g/mol. The molecule has 1 aromatic carbocycles. The number of hydrogen-bond donors (Lipinski definition) is 1. The summed E-state index contributed by atoms with van der Waals surface area (Å²) in [5.41, 5.74) is 8.73. The second kappa shape index (κ2) is 5.81. The van der Waals surface area contributed by atoms with Crippen molar-refractivity contribution in [2.45, 2.75) is 31.3 Å². The van der Waals surface area contributed by atoms with E-state index in [2.05, 4.69) is 36.2 Å². The van der Waals surface area contributed by atoms with E-state index in [4.69, 9.17) is 10.2 Å². The predicted molar refractivity (Wildman–Crippen MR) is 80.4 cm³/mol. The first-order valence-corrected chi connectivity index (χ1v) is 7.30. The van der Waals surface area contributed by atoms with Crippen LogP contribution in [0, 0.1) is 0 Å². The number of nitrogens with zero attached hydrogens (tertiary/aromatic N) is 1. The highest BCUT2D eigenvalue weighted by Gasteiger charge is 2.24. The van der Waals surface area contributed by atoms with E-state index in [0.29, 0.717) is 6.54 Å². The first-order chi connectivity index (χ1) is 9.78. The van der Waals surface area contributed by atoms with Gasteiger partial charge in [0.25, 0.3) is 0 Å². The first-order valence-electron chi connectivity index (χ1n) is 7.30. The summed E-state index contributed by atoms with van der Waals surface area (Å²) >= 11 is 0. The Hall–Kier alpha value is -1.58. The lowest BCUT2D eigenvalue weighted by Gasteiger charge is -2.26. The Balaban J connectivity index is 1.70. The summed E-state index contributed by atoms with van der Waals surface area (Å²) in [6.45, 7) is 1.39. The standard InChI is InChI=1S/C17H22N2O/c1-19(12-16-3-2-10-20-16)17(11-18)15-8-6-14(7-9-15)13-4-5-13/h2-3,6-10,13,17H,4-5,11-12,18H2,1H3. The average Bonchev–Trinajstić information content (AvgIpc) is 3.19.